The number of hydrogen-bond donors (Lipinski definition) is 1. The summed E-state index contributed by atoms with van der Waals surface area (Å²) in [5.74, 6) is -0.108. The fraction of sp³-hybridized carbons (Fsp3) is 0.133. The highest BCUT2D eigenvalue weighted by Crippen LogP contribution is 2.32. The van der Waals surface area contributed by atoms with Gasteiger partial charge in [0, 0.05) is 5.02 Å². The van der Waals surface area contributed by atoms with E-state index in [0.717, 1.165) is 11.1 Å². The maximum atomic E-state index is 11.2. The molecule has 0 aliphatic carbocycles. The van der Waals surface area contributed by atoms with Gasteiger partial charge >= 0.3 is 5.97 Å². The lowest BCUT2D eigenvalue weighted by Gasteiger charge is -2.13. The van der Waals surface area contributed by atoms with Crippen molar-refractivity contribution in [1.82, 2.24) is 0 Å². The monoisotopic (exact) mass is 276 g/mol. The van der Waals surface area contributed by atoms with Gasteiger partial charge < -0.3 is 9.84 Å². The zero-order valence-electron chi connectivity index (χ0n) is 10.6. The van der Waals surface area contributed by atoms with Gasteiger partial charge in [0.2, 0.25) is 0 Å². The summed E-state index contributed by atoms with van der Waals surface area (Å²) in [4.78, 5) is 11.2. The molecule has 0 unspecified atom stereocenters. The van der Waals surface area contributed by atoms with E-state index in [2.05, 4.69) is 0 Å². The second-order valence-corrected chi connectivity index (χ2v) is 4.71. The highest BCUT2D eigenvalue weighted by atomic mass is 35.5. The number of ether oxygens (including phenoxy) is 1. The summed E-state index contributed by atoms with van der Waals surface area (Å²) in [6.45, 7) is 3.69. The number of carboxylic acid groups (broad SMARTS) is 1. The largest absolute Gasteiger partial charge is 0.478 e. The topological polar surface area (TPSA) is 46.5 Å². The summed E-state index contributed by atoms with van der Waals surface area (Å²) in [7, 11) is 0. The summed E-state index contributed by atoms with van der Waals surface area (Å²) in [5.41, 5.74) is 1.79. The lowest BCUT2D eigenvalue weighted by molar-refractivity contribution is 0.0694. The van der Waals surface area contributed by atoms with E-state index in [1.165, 1.54) is 6.07 Å². The molecule has 0 aliphatic heterocycles. The van der Waals surface area contributed by atoms with Gasteiger partial charge in [0.25, 0.3) is 0 Å². The molecule has 0 amide bonds. The number of carboxylic acids is 1. The van der Waals surface area contributed by atoms with Gasteiger partial charge in [-0.3, -0.25) is 0 Å². The summed E-state index contributed by atoms with van der Waals surface area (Å²) < 4.78 is 5.75. The van der Waals surface area contributed by atoms with Crippen molar-refractivity contribution in [3.8, 4) is 11.5 Å². The van der Waals surface area contributed by atoms with E-state index in [0.29, 0.717) is 16.5 Å². The molecule has 2 rings (SSSR count). The van der Waals surface area contributed by atoms with Gasteiger partial charge in [-0.15, -0.1) is 0 Å². The van der Waals surface area contributed by atoms with Crippen LogP contribution in [0.2, 0.25) is 5.02 Å². The van der Waals surface area contributed by atoms with Crippen molar-refractivity contribution in [2.45, 2.75) is 13.8 Å². The predicted octanol–water partition coefficient (Wildman–Crippen LogP) is 4.45. The van der Waals surface area contributed by atoms with E-state index in [4.69, 9.17) is 16.3 Å². The van der Waals surface area contributed by atoms with Crippen molar-refractivity contribution < 1.29 is 14.6 Å². The van der Waals surface area contributed by atoms with Crippen LogP contribution in [0.3, 0.4) is 0 Å². The predicted molar refractivity (Wildman–Crippen MR) is 74.4 cm³/mol. The SMILES string of the molecule is Cc1ccc(Cl)cc1Oc1c(C)cccc1C(=O)O. The molecule has 3 nitrogen and oxygen atoms in total. The molecule has 0 heterocycles. The Morgan fingerprint density at radius 1 is 1.16 bits per heavy atom. The second kappa shape index (κ2) is 5.33. The molecular formula is C15H13ClO3. The third-order valence-electron chi connectivity index (χ3n) is 2.80. The number of carbonyl (C=O) groups is 1. The van der Waals surface area contributed by atoms with Crippen LogP contribution in [0.15, 0.2) is 36.4 Å². The Morgan fingerprint density at radius 3 is 2.58 bits per heavy atom. The van der Waals surface area contributed by atoms with Gasteiger partial charge in [-0.2, -0.15) is 0 Å². The minimum atomic E-state index is -1.02. The highest BCUT2D eigenvalue weighted by Gasteiger charge is 2.15. The standard InChI is InChI=1S/C15H13ClO3/c1-9-6-7-11(16)8-13(9)19-14-10(2)4-3-5-12(14)15(17)18/h3-8H,1-2H3,(H,17,18). The van der Waals surface area contributed by atoms with Gasteiger partial charge in [0.15, 0.2) is 0 Å². The lowest BCUT2D eigenvalue weighted by Crippen LogP contribution is -2.02. The van der Waals surface area contributed by atoms with E-state index in [1.807, 2.05) is 26.0 Å². The molecule has 0 saturated heterocycles. The summed E-state index contributed by atoms with van der Waals surface area (Å²) >= 11 is 5.93. The van der Waals surface area contributed by atoms with Crippen molar-refractivity contribution in [3.05, 3.63) is 58.1 Å². The van der Waals surface area contributed by atoms with E-state index >= 15 is 0 Å². The van der Waals surface area contributed by atoms with Crippen LogP contribution in [0.4, 0.5) is 0 Å². The van der Waals surface area contributed by atoms with E-state index < -0.39 is 5.97 Å². The van der Waals surface area contributed by atoms with Gasteiger partial charge in [-0.1, -0.05) is 29.8 Å². The van der Waals surface area contributed by atoms with Crippen LogP contribution in [-0.2, 0) is 0 Å². The first-order valence-electron chi connectivity index (χ1n) is 5.76. The quantitative estimate of drug-likeness (QED) is 0.901. The molecule has 2 aromatic carbocycles. The summed E-state index contributed by atoms with van der Waals surface area (Å²) in [6, 6.07) is 10.3. The number of aromatic carboxylic acids is 1. The number of hydrogen-bond acceptors (Lipinski definition) is 2. The first kappa shape index (κ1) is 13.4. The molecule has 0 fully saturated rings. The molecule has 0 aromatic heterocycles. The smallest absolute Gasteiger partial charge is 0.339 e. The molecule has 2 aromatic rings. The van der Waals surface area contributed by atoms with E-state index in [9.17, 15) is 9.90 Å². The molecule has 4 heteroatoms. The van der Waals surface area contributed by atoms with Gasteiger partial charge in [0.1, 0.15) is 17.1 Å². The van der Waals surface area contributed by atoms with Crippen molar-refractivity contribution in [2.75, 3.05) is 0 Å². The average molecular weight is 277 g/mol. The van der Waals surface area contributed by atoms with Gasteiger partial charge in [0.05, 0.1) is 0 Å². The van der Waals surface area contributed by atoms with Crippen LogP contribution in [0, 0.1) is 13.8 Å². The lowest BCUT2D eigenvalue weighted by atomic mass is 10.1. The third kappa shape index (κ3) is 2.88. The zero-order chi connectivity index (χ0) is 14.0. The number of halogens is 1. The first-order chi connectivity index (χ1) is 8.99. The summed E-state index contributed by atoms with van der Waals surface area (Å²) in [6.07, 6.45) is 0. The van der Waals surface area contributed by atoms with Crippen molar-refractivity contribution in [3.63, 3.8) is 0 Å². The molecule has 0 bridgehead atoms. The molecule has 0 atom stereocenters. The molecule has 1 N–H and O–H groups in total. The van der Waals surface area contributed by atoms with E-state index in [1.54, 1.807) is 18.2 Å². The maximum Gasteiger partial charge on any atom is 0.339 e. The zero-order valence-corrected chi connectivity index (χ0v) is 11.4. The van der Waals surface area contributed by atoms with Crippen LogP contribution in [0.5, 0.6) is 11.5 Å². The Hall–Kier alpha value is -2.00. The van der Waals surface area contributed by atoms with Crippen molar-refractivity contribution in [1.29, 1.82) is 0 Å². The molecule has 19 heavy (non-hydrogen) atoms. The van der Waals surface area contributed by atoms with Crippen LogP contribution < -0.4 is 4.74 Å². The maximum absolute atomic E-state index is 11.2. The Kier molecular flexibility index (Phi) is 3.76. The molecule has 98 valence electrons. The molecular weight excluding hydrogens is 264 g/mol. The second-order valence-electron chi connectivity index (χ2n) is 4.27. The third-order valence-corrected chi connectivity index (χ3v) is 3.04. The van der Waals surface area contributed by atoms with Crippen molar-refractivity contribution in [2.24, 2.45) is 0 Å². The fourth-order valence-electron chi connectivity index (χ4n) is 1.75. The van der Waals surface area contributed by atoms with Gasteiger partial charge in [-0.25, -0.2) is 4.79 Å². The Morgan fingerprint density at radius 2 is 1.89 bits per heavy atom. The Labute approximate surface area is 116 Å². The first-order valence-corrected chi connectivity index (χ1v) is 6.13. The minimum absolute atomic E-state index is 0.138. The number of benzene rings is 2. The number of para-hydroxylation sites is 1. The number of rotatable bonds is 3. The highest BCUT2D eigenvalue weighted by molar-refractivity contribution is 6.30. The molecule has 0 radical (unpaired) electrons. The normalized spacial score (nSPS) is 10.3. The van der Waals surface area contributed by atoms with Crippen LogP contribution >= 0.6 is 11.6 Å². The molecule has 0 spiro atoms. The van der Waals surface area contributed by atoms with Gasteiger partial charge in [-0.05, 0) is 43.2 Å². The van der Waals surface area contributed by atoms with Crippen LogP contribution in [-0.4, -0.2) is 11.1 Å². The Bertz CT molecular complexity index is 635. The van der Waals surface area contributed by atoms with E-state index in [-0.39, 0.29) is 5.56 Å². The average Bonchev–Trinajstić information content (AvgIpc) is 2.35. The fourth-order valence-corrected chi connectivity index (χ4v) is 1.91. The van der Waals surface area contributed by atoms with Crippen LogP contribution in [0.25, 0.3) is 0 Å². The number of aryl methyl sites for hydroxylation is 2. The van der Waals surface area contributed by atoms with Crippen LogP contribution in [0.1, 0.15) is 21.5 Å². The summed E-state index contributed by atoms with van der Waals surface area (Å²) in [5, 5.41) is 9.73. The molecule has 0 aliphatic rings. The minimum Gasteiger partial charge on any atom is -0.478 e. The van der Waals surface area contributed by atoms with Crippen molar-refractivity contribution >= 4 is 17.6 Å². The Balaban J connectivity index is 2.49. The molecule has 0 saturated carbocycles.